The highest BCUT2D eigenvalue weighted by Crippen LogP contribution is 2.44. The van der Waals surface area contributed by atoms with Crippen molar-refractivity contribution < 1.29 is 0 Å². The molecule has 0 bridgehead atoms. The minimum absolute atomic E-state index is 0.744. The molecule has 4 heteroatoms. The van der Waals surface area contributed by atoms with Gasteiger partial charge in [-0.05, 0) is 30.8 Å². The lowest BCUT2D eigenvalue weighted by atomic mass is 10.2. The largest absolute Gasteiger partial charge is 0.312 e. The van der Waals surface area contributed by atoms with E-state index in [0.717, 1.165) is 19.0 Å². The summed E-state index contributed by atoms with van der Waals surface area (Å²) in [5, 5.41) is 6.75. The Kier molecular flexibility index (Phi) is 3.27. The van der Waals surface area contributed by atoms with Crippen LogP contribution in [0.5, 0.6) is 0 Å². The number of aromatic nitrogens is 1. The van der Waals surface area contributed by atoms with E-state index in [1.165, 1.54) is 33.3 Å². The van der Waals surface area contributed by atoms with Gasteiger partial charge >= 0.3 is 0 Å². The van der Waals surface area contributed by atoms with E-state index in [2.05, 4.69) is 29.8 Å². The van der Waals surface area contributed by atoms with Gasteiger partial charge in [-0.1, -0.05) is 13.0 Å². The molecular weight excluding hydrogens is 248 g/mol. The Morgan fingerprint density at radius 1 is 1.47 bits per heavy atom. The van der Waals surface area contributed by atoms with Crippen molar-refractivity contribution >= 4 is 22.7 Å². The van der Waals surface area contributed by atoms with Gasteiger partial charge < -0.3 is 5.32 Å². The van der Waals surface area contributed by atoms with Crippen LogP contribution in [0.15, 0.2) is 17.5 Å². The molecule has 2 nitrogen and oxygen atoms in total. The zero-order chi connectivity index (χ0) is 11.7. The van der Waals surface area contributed by atoms with Gasteiger partial charge in [0.25, 0.3) is 0 Å². The summed E-state index contributed by atoms with van der Waals surface area (Å²) in [6, 6.07) is 4.26. The fourth-order valence-electron chi connectivity index (χ4n) is 1.91. The average molecular weight is 264 g/mol. The molecule has 2 heterocycles. The zero-order valence-corrected chi connectivity index (χ0v) is 11.5. The molecule has 0 unspecified atom stereocenters. The van der Waals surface area contributed by atoms with E-state index < -0.39 is 0 Å². The van der Waals surface area contributed by atoms with Crippen LogP contribution in [-0.2, 0) is 6.54 Å². The van der Waals surface area contributed by atoms with Gasteiger partial charge in [-0.15, -0.1) is 22.7 Å². The molecule has 0 amide bonds. The first-order valence-corrected chi connectivity index (χ1v) is 7.82. The molecule has 0 radical (unpaired) electrons. The maximum atomic E-state index is 4.86. The summed E-state index contributed by atoms with van der Waals surface area (Å²) in [7, 11) is 0. The zero-order valence-electron chi connectivity index (χ0n) is 9.90. The Morgan fingerprint density at radius 2 is 2.35 bits per heavy atom. The van der Waals surface area contributed by atoms with Gasteiger partial charge in [0, 0.05) is 17.3 Å². The molecule has 17 heavy (non-hydrogen) atoms. The molecular formula is C13H16N2S2. The maximum absolute atomic E-state index is 4.86. The number of nitrogens with one attached hydrogen (secondary N) is 1. The molecule has 0 atom stereocenters. The molecule has 1 saturated carbocycles. The Bertz CT molecular complexity index is 483. The lowest BCUT2D eigenvalue weighted by molar-refractivity contribution is 0.727. The predicted molar refractivity (Wildman–Crippen MR) is 74.8 cm³/mol. The Labute approximate surface area is 110 Å². The van der Waals surface area contributed by atoms with Crippen LogP contribution in [0.2, 0.25) is 0 Å². The van der Waals surface area contributed by atoms with E-state index in [0.29, 0.717) is 0 Å². The van der Waals surface area contributed by atoms with Crippen molar-refractivity contribution in [2.45, 2.75) is 32.2 Å². The number of hydrogen-bond acceptors (Lipinski definition) is 4. The first-order valence-electron chi connectivity index (χ1n) is 6.12. The van der Waals surface area contributed by atoms with Crippen LogP contribution < -0.4 is 5.32 Å². The number of nitrogens with zero attached hydrogens (tertiary/aromatic N) is 1. The van der Waals surface area contributed by atoms with Gasteiger partial charge in [-0.25, -0.2) is 4.98 Å². The summed E-state index contributed by atoms with van der Waals surface area (Å²) < 4.78 is 0. The molecule has 1 fully saturated rings. The summed E-state index contributed by atoms with van der Waals surface area (Å²) in [6.45, 7) is 4.15. The highest BCUT2D eigenvalue weighted by atomic mass is 32.1. The fraction of sp³-hybridized carbons (Fsp3) is 0.462. The van der Waals surface area contributed by atoms with Crippen LogP contribution in [-0.4, -0.2) is 11.5 Å². The Morgan fingerprint density at radius 3 is 3.00 bits per heavy atom. The Hall–Kier alpha value is -0.710. The van der Waals surface area contributed by atoms with Crippen molar-refractivity contribution in [1.29, 1.82) is 0 Å². The van der Waals surface area contributed by atoms with Crippen LogP contribution >= 0.6 is 22.7 Å². The highest BCUT2D eigenvalue weighted by Gasteiger charge is 2.29. The number of thiazole rings is 1. The quantitative estimate of drug-likeness (QED) is 0.887. The minimum Gasteiger partial charge on any atom is -0.312 e. The summed E-state index contributed by atoms with van der Waals surface area (Å²) in [5.41, 5.74) is 1.36. The van der Waals surface area contributed by atoms with Crippen LogP contribution in [0, 0.1) is 0 Å². The molecule has 1 aliphatic carbocycles. The first kappa shape index (κ1) is 11.4. The first-order chi connectivity index (χ1) is 8.38. The summed E-state index contributed by atoms with van der Waals surface area (Å²) in [6.07, 6.45) is 2.65. The van der Waals surface area contributed by atoms with Gasteiger partial charge in [0.2, 0.25) is 0 Å². The second-order valence-corrected chi connectivity index (χ2v) is 6.39. The summed E-state index contributed by atoms with van der Waals surface area (Å²) >= 11 is 3.64. The molecule has 2 aromatic heterocycles. The third kappa shape index (κ3) is 2.44. The van der Waals surface area contributed by atoms with Crippen LogP contribution in [0.25, 0.3) is 9.88 Å². The van der Waals surface area contributed by atoms with E-state index >= 15 is 0 Å². The van der Waals surface area contributed by atoms with Crippen LogP contribution in [0.4, 0.5) is 0 Å². The monoisotopic (exact) mass is 264 g/mol. The summed E-state index contributed by atoms with van der Waals surface area (Å²) in [5.74, 6) is 0.744. The molecule has 2 aromatic rings. The van der Waals surface area contributed by atoms with Gasteiger partial charge in [-0.2, -0.15) is 0 Å². The van der Waals surface area contributed by atoms with Gasteiger partial charge in [0.15, 0.2) is 0 Å². The van der Waals surface area contributed by atoms with Crippen molar-refractivity contribution in [2.24, 2.45) is 0 Å². The summed E-state index contributed by atoms with van der Waals surface area (Å²) in [4.78, 5) is 7.60. The van der Waals surface area contributed by atoms with E-state index in [-0.39, 0.29) is 0 Å². The van der Waals surface area contributed by atoms with Crippen molar-refractivity contribution in [3.05, 3.63) is 28.1 Å². The molecule has 3 rings (SSSR count). The highest BCUT2D eigenvalue weighted by molar-refractivity contribution is 7.21. The van der Waals surface area contributed by atoms with Crippen molar-refractivity contribution in [3.8, 4) is 9.88 Å². The SMILES string of the molecule is CCNCc1sc(-c2cccs2)nc1C1CC1. The number of hydrogen-bond donors (Lipinski definition) is 1. The van der Waals surface area contributed by atoms with Gasteiger partial charge in [0.1, 0.15) is 5.01 Å². The van der Waals surface area contributed by atoms with Crippen molar-refractivity contribution in [2.75, 3.05) is 6.54 Å². The van der Waals surface area contributed by atoms with Crippen molar-refractivity contribution in [3.63, 3.8) is 0 Å². The van der Waals surface area contributed by atoms with Crippen LogP contribution in [0.1, 0.15) is 36.3 Å². The molecule has 1 N–H and O–H groups in total. The smallest absolute Gasteiger partial charge is 0.133 e. The second-order valence-electron chi connectivity index (χ2n) is 4.36. The molecule has 1 aliphatic rings. The third-order valence-electron chi connectivity index (χ3n) is 2.96. The van der Waals surface area contributed by atoms with E-state index in [1.807, 2.05) is 11.3 Å². The molecule has 0 spiro atoms. The lowest BCUT2D eigenvalue weighted by Gasteiger charge is -2.00. The van der Waals surface area contributed by atoms with Crippen molar-refractivity contribution in [1.82, 2.24) is 10.3 Å². The lowest BCUT2D eigenvalue weighted by Crippen LogP contribution is -2.11. The number of thiophene rings is 1. The van der Waals surface area contributed by atoms with Crippen LogP contribution in [0.3, 0.4) is 0 Å². The van der Waals surface area contributed by atoms with E-state index in [9.17, 15) is 0 Å². The maximum Gasteiger partial charge on any atom is 0.133 e. The molecule has 0 aliphatic heterocycles. The number of rotatable bonds is 5. The van der Waals surface area contributed by atoms with Gasteiger partial charge in [-0.3, -0.25) is 0 Å². The topological polar surface area (TPSA) is 24.9 Å². The standard InChI is InChI=1S/C13H16N2S2/c1-2-14-8-11-12(9-5-6-9)15-13(17-11)10-4-3-7-16-10/h3-4,7,9,14H,2,5-6,8H2,1H3. The Balaban J connectivity index is 1.90. The minimum atomic E-state index is 0.744. The third-order valence-corrected chi connectivity index (χ3v) is 5.07. The molecule has 0 aromatic carbocycles. The average Bonchev–Trinajstić information content (AvgIpc) is 2.90. The predicted octanol–water partition coefficient (Wildman–Crippen LogP) is 3.86. The fourth-order valence-corrected chi connectivity index (χ4v) is 3.82. The molecule has 90 valence electrons. The second kappa shape index (κ2) is 4.88. The molecule has 0 saturated heterocycles. The normalized spacial score (nSPS) is 15.4. The van der Waals surface area contributed by atoms with E-state index in [4.69, 9.17) is 4.98 Å². The van der Waals surface area contributed by atoms with Gasteiger partial charge in [0.05, 0.1) is 10.6 Å². The van der Waals surface area contributed by atoms with E-state index in [1.54, 1.807) is 11.3 Å².